The molecule has 0 heterocycles. The number of hydrogen-bond donors (Lipinski definition) is 0. The van der Waals surface area contributed by atoms with Gasteiger partial charge in [0.2, 0.25) is 0 Å². The zero-order valence-electron chi connectivity index (χ0n) is 15.0. The summed E-state index contributed by atoms with van der Waals surface area (Å²) in [5.41, 5.74) is 0. The van der Waals surface area contributed by atoms with Crippen LogP contribution in [0.15, 0.2) is 0 Å². The minimum atomic E-state index is 0.738. The molecule has 0 atom stereocenters. The molecule has 1 nitrogen and oxygen atoms in total. The lowest BCUT2D eigenvalue weighted by molar-refractivity contribution is 0.192. The van der Waals surface area contributed by atoms with Crippen LogP contribution < -0.4 is 0 Å². The molecule has 0 bridgehead atoms. The Balaban J connectivity index is 3.49. The van der Waals surface area contributed by atoms with Gasteiger partial charge in [0, 0.05) is 18.5 Å². The Morgan fingerprint density at radius 3 is 1.57 bits per heavy atom. The number of rotatable bonds is 16. The summed E-state index contributed by atoms with van der Waals surface area (Å²) >= 11 is 5.95. The highest BCUT2D eigenvalue weighted by atomic mass is 35.5. The van der Waals surface area contributed by atoms with Gasteiger partial charge in [-0.05, 0) is 25.8 Å². The molecule has 0 aliphatic heterocycles. The van der Waals surface area contributed by atoms with E-state index in [2.05, 4.69) is 25.7 Å². The van der Waals surface area contributed by atoms with Crippen molar-refractivity contribution in [2.45, 2.75) is 104 Å². The third-order valence-electron chi connectivity index (χ3n) is 4.63. The Morgan fingerprint density at radius 2 is 1.14 bits per heavy atom. The number of halogens is 1. The van der Waals surface area contributed by atoms with Gasteiger partial charge in [0.25, 0.3) is 0 Å². The number of hydrogen-bond acceptors (Lipinski definition) is 1. The summed E-state index contributed by atoms with van der Waals surface area (Å²) < 4.78 is 0. The van der Waals surface area contributed by atoms with Gasteiger partial charge >= 0.3 is 0 Å². The molecular weight excluding hydrogens is 278 g/mol. The summed E-state index contributed by atoms with van der Waals surface area (Å²) in [6.07, 6.45) is 16.7. The van der Waals surface area contributed by atoms with Gasteiger partial charge in [0.15, 0.2) is 0 Å². The molecular formula is C19H40ClN. The quantitative estimate of drug-likeness (QED) is 0.228. The third kappa shape index (κ3) is 12.5. The minimum Gasteiger partial charge on any atom is -0.299 e. The first kappa shape index (κ1) is 21.2. The van der Waals surface area contributed by atoms with Gasteiger partial charge in [-0.15, -0.1) is 11.6 Å². The second-order valence-corrected chi connectivity index (χ2v) is 6.76. The van der Waals surface area contributed by atoms with E-state index in [0.717, 1.165) is 18.5 Å². The van der Waals surface area contributed by atoms with Crippen molar-refractivity contribution in [1.82, 2.24) is 4.90 Å². The first-order valence-electron chi connectivity index (χ1n) is 9.60. The lowest BCUT2D eigenvalue weighted by Crippen LogP contribution is -2.36. The van der Waals surface area contributed by atoms with E-state index >= 15 is 0 Å². The van der Waals surface area contributed by atoms with Crippen molar-refractivity contribution in [1.29, 1.82) is 0 Å². The highest BCUT2D eigenvalue weighted by Crippen LogP contribution is 2.13. The Kier molecular flexibility index (Phi) is 16.8. The number of nitrogens with zero attached hydrogens (tertiary/aromatic N) is 1. The minimum absolute atomic E-state index is 0.738. The van der Waals surface area contributed by atoms with Crippen LogP contribution in [0.1, 0.15) is 97.8 Å². The van der Waals surface area contributed by atoms with Crippen molar-refractivity contribution in [2.75, 3.05) is 19.0 Å². The van der Waals surface area contributed by atoms with Gasteiger partial charge in [0.1, 0.15) is 0 Å². The molecule has 0 aromatic rings. The van der Waals surface area contributed by atoms with E-state index in [9.17, 15) is 0 Å². The summed E-state index contributed by atoms with van der Waals surface area (Å²) in [7, 11) is 0. The van der Waals surface area contributed by atoms with Crippen LogP contribution in [0.2, 0.25) is 0 Å². The normalized spacial score (nSPS) is 11.7. The van der Waals surface area contributed by atoms with Crippen molar-refractivity contribution in [2.24, 2.45) is 0 Å². The predicted molar refractivity (Wildman–Crippen MR) is 98.5 cm³/mol. The molecule has 0 aromatic heterocycles. The van der Waals surface area contributed by atoms with E-state index in [1.807, 2.05) is 0 Å². The lowest BCUT2D eigenvalue weighted by atomic mass is 10.1. The highest BCUT2D eigenvalue weighted by Gasteiger charge is 2.13. The fourth-order valence-electron chi connectivity index (χ4n) is 3.19. The first-order valence-corrected chi connectivity index (χ1v) is 10.1. The van der Waals surface area contributed by atoms with Crippen LogP contribution in [-0.4, -0.2) is 29.9 Å². The molecule has 0 spiro atoms. The van der Waals surface area contributed by atoms with E-state index in [-0.39, 0.29) is 0 Å². The van der Waals surface area contributed by atoms with Crippen LogP contribution in [0.5, 0.6) is 0 Å². The van der Waals surface area contributed by atoms with E-state index in [4.69, 9.17) is 11.6 Å². The summed E-state index contributed by atoms with van der Waals surface area (Å²) in [4.78, 5) is 2.61. The molecule has 0 N–H and O–H groups in total. The van der Waals surface area contributed by atoms with Crippen molar-refractivity contribution in [3.63, 3.8) is 0 Å². The monoisotopic (exact) mass is 317 g/mol. The van der Waals surface area contributed by atoms with Gasteiger partial charge in [-0.2, -0.15) is 0 Å². The van der Waals surface area contributed by atoms with E-state index < -0.39 is 0 Å². The molecule has 2 heteroatoms. The van der Waals surface area contributed by atoms with Crippen LogP contribution in [0, 0.1) is 0 Å². The first-order chi connectivity index (χ1) is 10.3. The van der Waals surface area contributed by atoms with Gasteiger partial charge in [-0.25, -0.2) is 0 Å². The van der Waals surface area contributed by atoms with Gasteiger partial charge in [-0.3, -0.25) is 4.90 Å². The van der Waals surface area contributed by atoms with E-state index in [1.165, 1.54) is 83.6 Å². The molecule has 0 rings (SSSR count). The zero-order valence-corrected chi connectivity index (χ0v) is 15.8. The molecule has 0 saturated heterocycles. The second-order valence-electron chi connectivity index (χ2n) is 6.38. The summed E-state index contributed by atoms with van der Waals surface area (Å²) in [6, 6.07) is 0.738. The molecule has 0 radical (unpaired) electrons. The highest BCUT2D eigenvalue weighted by molar-refractivity contribution is 6.18. The maximum atomic E-state index is 5.95. The van der Waals surface area contributed by atoms with E-state index in [0.29, 0.717) is 0 Å². The lowest BCUT2D eigenvalue weighted by Gasteiger charge is -2.29. The standard InChI is InChI=1S/C19H40ClN/c1-4-7-8-9-10-11-12-13-14-15-17-21(18-16-20)19(5-2)6-3/h19H,4-18H2,1-3H3. The molecule has 128 valence electrons. The topological polar surface area (TPSA) is 3.24 Å². The van der Waals surface area contributed by atoms with Crippen molar-refractivity contribution >= 4 is 11.6 Å². The summed E-state index contributed by atoms with van der Waals surface area (Å²) in [5.74, 6) is 0.772. The van der Waals surface area contributed by atoms with Crippen molar-refractivity contribution in [3.8, 4) is 0 Å². The third-order valence-corrected chi connectivity index (χ3v) is 4.80. The fraction of sp³-hybridized carbons (Fsp3) is 1.00. The molecule has 0 aromatic carbocycles. The summed E-state index contributed by atoms with van der Waals surface area (Å²) in [6.45, 7) is 9.19. The fourth-order valence-corrected chi connectivity index (χ4v) is 3.41. The maximum Gasteiger partial charge on any atom is 0.0351 e. The Morgan fingerprint density at radius 1 is 0.667 bits per heavy atom. The molecule has 21 heavy (non-hydrogen) atoms. The molecule has 0 saturated carbocycles. The van der Waals surface area contributed by atoms with Gasteiger partial charge in [0.05, 0.1) is 0 Å². The van der Waals surface area contributed by atoms with Gasteiger partial charge < -0.3 is 0 Å². The number of alkyl halides is 1. The second kappa shape index (κ2) is 16.6. The summed E-state index contributed by atoms with van der Waals surface area (Å²) in [5, 5.41) is 0. The van der Waals surface area contributed by atoms with Crippen LogP contribution in [-0.2, 0) is 0 Å². The van der Waals surface area contributed by atoms with Crippen LogP contribution in [0.4, 0.5) is 0 Å². The zero-order chi connectivity index (χ0) is 15.8. The van der Waals surface area contributed by atoms with Crippen LogP contribution >= 0.6 is 11.6 Å². The van der Waals surface area contributed by atoms with Crippen molar-refractivity contribution in [3.05, 3.63) is 0 Å². The molecule has 0 amide bonds. The Hall–Kier alpha value is 0.250. The smallest absolute Gasteiger partial charge is 0.0351 e. The Bertz CT molecular complexity index is 192. The SMILES string of the molecule is CCCCCCCCCCCCN(CCCl)C(CC)CC. The molecule has 0 aliphatic rings. The Labute approximate surface area is 139 Å². The van der Waals surface area contributed by atoms with E-state index in [1.54, 1.807) is 0 Å². The molecule has 0 unspecified atom stereocenters. The predicted octanol–water partition coefficient (Wildman–Crippen LogP) is 6.64. The molecule has 0 fully saturated rings. The van der Waals surface area contributed by atoms with Crippen molar-refractivity contribution < 1.29 is 0 Å². The molecule has 0 aliphatic carbocycles. The average molecular weight is 318 g/mol. The van der Waals surface area contributed by atoms with Gasteiger partial charge in [-0.1, -0.05) is 78.6 Å². The average Bonchev–Trinajstić information content (AvgIpc) is 2.50. The maximum absolute atomic E-state index is 5.95. The van der Waals surface area contributed by atoms with Crippen LogP contribution in [0.25, 0.3) is 0 Å². The largest absolute Gasteiger partial charge is 0.299 e. The number of unbranched alkanes of at least 4 members (excludes halogenated alkanes) is 9. The van der Waals surface area contributed by atoms with Crippen LogP contribution in [0.3, 0.4) is 0 Å².